The van der Waals surface area contributed by atoms with Gasteiger partial charge in [0.05, 0.1) is 24.7 Å². The Hall–Kier alpha value is -4.01. The molecule has 0 saturated heterocycles. The highest BCUT2D eigenvalue weighted by Gasteiger charge is 2.16. The summed E-state index contributed by atoms with van der Waals surface area (Å²) in [6.07, 6.45) is 4.18. The van der Waals surface area contributed by atoms with E-state index in [9.17, 15) is 9.59 Å². The molecule has 0 spiro atoms. The van der Waals surface area contributed by atoms with Crippen molar-refractivity contribution in [1.29, 1.82) is 0 Å². The van der Waals surface area contributed by atoms with E-state index >= 15 is 0 Å². The number of rotatable bonds is 7. The normalized spacial score (nSPS) is 10.9. The molecule has 2 amide bonds. The van der Waals surface area contributed by atoms with E-state index in [0.717, 1.165) is 11.1 Å². The number of anilines is 1. The van der Waals surface area contributed by atoms with Crippen LogP contribution in [0.2, 0.25) is 0 Å². The fraction of sp³-hybridized carbons (Fsp3) is 0.292. The summed E-state index contributed by atoms with van der Waals surface area (Å²) in [6, 6.07) is 10.5. The van der Waals surface area contributed by atoms with Crippen molar-refractivity contribution < 1.29 is 19.1 Å². The third kappa shape index (κ3) is 7.27. The molecule has 0 bridgehead atoms. The highest BCUT2D eigenvalue weighted by Crippen LogP contribution is 2.18. The lowest BCUT2D eigenvalue weighted by molar-refractivity contribution is 0.0635. The molecule has 9 nitrogen and oxygen atoms in total. The first kappa shape index (κ1) is 23.6. The predicted octanol–water partition coefficient (Wildman–Crippen LogP) is 4.21. The minimum Gasteiger partial charge on any atom is -0.477 e. The molecule has 0 unspecified atom stereocenters. The standard InChI is InChI=1S/C24H27N5O4/c1-5-32-21-15-25-14-20(29-21)17-9-10-19(26-13-17)22(30)27-12-16-7-6-8-18(11-16)28-23(31)33-24(2,3)4/h6-11,13-15H,5,12H2,1-4H3,(H,27,30)(H,28,31). The third-order valence-electron chi connectivity index (χ3n) is 4.22. The number of hydrogen-bond acceptors (Lipinski definition) is 7. The van der Waals surface area contributed by atoms with Gasteiger partial charge < -0.3 is 14.8 Å². The number of carbonyl (C=O) groups excluding carboxylic acids is 2. The van der Waals surface area contributed by atoms with Crippen LogP contribution in [-0.2, 0) is 11.3 Å². The highest BCUT2D eigenvalue weighted by molar-refractivity contribution is 5.92. The molecule has 33 heavy (non-hydrogen) atoms. The van der Waals surface area contributed by atoms with Gasteiger partial charge >= 0.3 is 6.09 Å². The molecule has 3 aromatic rings. The van der Waals surface area contributed by atoms with E-state index in [1.807, 2.05) is 13.0 Å². The maximum atomic E-state index is 12.5. The van der Waals surface area contributed by atoms with Gasteiger partial charge in [-0.1, -0.05) is 12.1 Å². The van der Waals surface area contributed by atoms with Crippen LogP contribution in [0.5, 0.6) is 5.88 Å². The second-order valence-electron chi connectivity index (χ2n) is 8.12. The molecular weight excluding hydrogens is 422 g/mol. The smallest absolute Gasteiger partial charge is 0.412 e. The van der Waals surface area contributed by atoms with Crippen molar-refractivity contribution in [3.63, 3.8) is 0 Å². The Morgan fingerprint density at radius 3 is 2.58 bits per heavy atom. The third-order valence-corrected chi connectivity index (χ3v) is 4.22. The highest BCUT2D eigenvalue weighted by atomic mass is 16.6. The number of amides is 2. The summed E-state index contributed by atoms with van der Waals surface area (Å²) in [5.41, 5.74) is 2.41. The molecule has 3 rings (SSSR count). The molecule has 0 aliphatic rings. The predicted molar refractivity (Wildman–Crippen MR) is 124 cm³/mol. The largest absolute Gasteiger partial charge is 0.477 e. The summed E-state index contributed by atoms with van der Waals surface area (Å²) in [6.45, 7) is 8.03. The number of pyridine rings is 1. The molecule has 2 heterocycles. The van der Waals surface area contributed by atoms with Crippen molar-refractivity contribution in [2.75, 3.05) is 11.9 Å². The van der Waals surface area contributed by atoms with Crippen LogP contribution in [-0.4, -0.2) is 39.2 Å². The zero-order chi connectivity index (χ0) is 23.8. The first-order valence-corrected chi connectivity index (χ1v) is 10.5. The van der Waals surface area contributed by atoms with E-state index in [2.05, 4.69) is 25.6 Å². The zero-order valence-electron chi connectivity index (χ0n) is 19.1. The molecule has 0 aliphatic heterocycles. The van der Waals surface area contributed by atoms with Crippen molar-refractivity contribution in [3.8, 4) is 17.1 Å². The molecule has 0 radical (unpaired) electrons. The molecule has 9 heteroatoms. The van der Waals surface area contributed by atoms with Crippen LogP contribution in [0.15, 0.2) is 55.0 Å². The SMILES string of the molecule is CCOc1cncc(-c2ccc(C(=O)NCc3cccc(NC(=O)OC(C)(C)C)c3)nc2)n1. The Bertz CT molecular complexity index is 1110. The van der Waals surface area contributed by atoms with Crippen LogP contribution >= 0.6 is 0 Å². The summed E-state index contributed by atoms with van der Waals surface area (Å²) in [4.78, 5) is 37.2. The average Bonchev–Trinajstić information content (AvgIpc) is 2.77. The van der Waals surface area contributed by atoms with Gasteiger partial charge in [-0.05, 0) is 57.5 Å². The van der Waals surface area contributed by atoms with Gasteiger partial charge in [0.1, 0.15) is 11.3 Å². The Balaban J connectivity index is 1.59. The number of ether oxygens (including phenoxy) is 2. The molecule has 0 fully saturated rings. The second-order valence-corrected chi connectivity index (χ2v) is 8.12. The minimum absolute atomic E-state index is 0.272. The topological polar surface area (TPSA) is 115 Å². The average molecular weight is 450 g/mol. The summed E-state index contributed by atoms with van der Waals surface area (Å²) < 4.78 is 10.6. The first-order valence-electron chi connectivity index (χ1n) is 10.5. The fourth-order valence-electron chi connectivity index (χ4n) is 2.84. The van der Waals surface area contributed by atoms with Gasteiger partial charge in [0.2, 0.25) is 5.88 Å². The lowest BCUT2D eigenvalue weighted by Gasteiger charge is -2.19. The van der Waals surface area contributed by atoms with Crippen LogP contribution in [0.25, 0.3) is 11.3 Å². The zero-order valence-corrected chi connectivity index (χ0v) is 19.1. The number of nitrogens with zero attached hydrogens (tertiary/aromatic N) is 3. The van der Waals surface area contributed by atoms with E-state index in [-0.39, 0.29) is 18.1 Å². The van der Waals surface area contributed by atoms with Gasteiger partial charge in [0.25, 0.3) is 5.91 Å². The molecule has 0 atom stereocenters. The maximum absolute atomic E-state index is 12.5. The van der Waals surface area contributed by atoms with Crippen molar-refractivity contribution in [3.05, 3.63) is 66.2 Å². The van der Waals surface area contributed by atoms with Gasteiger partial charge in [-0.3, -0.25) is 20.1 Å². The van der Waals surface area contributed by atoms with Crippen LogP contribution < -0.4 is 15.4 Å². The number of carbonyl (C=O) groups is 2. The Morgan fingerprint density at radius 1 is 1.06 bits per heavy atom. The van der Waals surface area contributed by atoms with E-state index in [4.69, 9.17) is 9.47 Å². The van der Waals surface area contributed by atoms with Crippen LogP contribution in [0.1, 0.15) is 43.7 Å². The van der Waals surface area contributed by atoms with Crippen LogP contribution in [0, 0.1) is 0 Å². The Kier molecular flexibility index (Phi) is 7.55. The molecule has 2 aromatic heterocycles. The van der Waals surface area contributed by atoms with E-state index < -0.39 is 11.7 Å². The summed E-state index contributed by atoms with van der Waals surface area (Å²) in [7, 11) is 0. The summed E-state index contributed by atoms with van der Waals surface area (Å²) in [5.74, 6) is 0.112. The van der Waals surface area contributed by atoms with Crippen molar-refractivity contribution in [2.24, 2.45) is 0 Å². The van der Waals surface area contributed by atoms with Crippen molar-refractivity contribution in [2.45, 2.75) is 39.8 Å². The maximum Gasteiger partial charge on any atom is 0.412 e. The molecule has 0 aliphatic carbocycles. The molecule has 2 N–H and O–H groups in total. The molecular formula is C24H27N5O4. The Morgan fingerprint density at radius 2 is 1.88 bits per heavy atom. The van der Waals surface area contributed by atoms with Gasteiger partial charge in [0.15, 0.2) is 0 Å². The van der Waals surface area contributed by atoms with E-state index in [0.29, 0.717) is 23.9 Å². The van der Waals surface area contributed by atoms with Gasteiger partial charge in [-0.15, -0.1) is 0 Å². The van der Waals surface area contributed by atoms with Gasteiger partial charge in [-0.2, -0.15) is 0 Å². The number of aromatic nitrogens is 3. The van der Waals surface area contributed by atoms with Gasteiger partial charge in [0, 0.05) is 24.0 Å². The minimum atomic E-state index is -0.586. The lowest BCUT2D eigenvalue weighted by atomic mass is 10.2. The molecule has 0 saturated carbocycles. The fourth-order valence-corrected chi connectivity index (χ4v) is 2.84. The number of hydrogen-bond donors (Lipinski definition) is 2. The Labute approximate surface area is 192 Å². The van der Waals surface area contributed by atoms with E-state index in [1.54, 1.807) is 69.7 Å². The summed E-state index contributed by atoms with van der Waals surface area (Å²) >= 11 is 0. The van der Waals surface area contributed by atoms with Gasteiger partial charge in [-0.25, -0.2) is 9.78 Å². The quantitative estimate of drug-likeness (QED) is 0.555. The number of benzene rings is 1. The second kappa shape index (κ2) is 10.5. The molecule has 172 valence electrons. The van der Waals surface area contributed by atoms with Crippen molar-refractivity contribution >= 4 is 17.7 Å². The van der Waals surface area contributed by atoms with E-state index in [1.165, 1.54) is 0 Å². The van der Waals surface area contributed by atoms with Crippen LogP contribution in [0.4, 0.5) is 10.5 Å². The van der Waals surface area contributed by atoms with Crippen molar-refractivity contribution in [1.82, 2.24) is 20.3 Å². The monoisotopic (exact) mass is 449 g/mol. The number of nitrogens with one attached hydrogen (secondary N) is 2. The lowest BCUT2D eigenvalue weighted by Crippen LogP contribution is -2.27. The first-order chi connectivity index (χ1) is 15.7. The molecule has 1 aromatic carbocycles. The van der Waals surface area contributed by atoms with Crippen LogP contribution in [0.3, 0.4) is 0 Å². The summed E-state index contributed by atoms with van der Waals surface area (Å²) in [5, 5.41) is 5.51.